The maximum Gasteiger partial charge on any atom is 0.419 e. The summed E-state index contributed by atoms with van der Waals surface area (Å²) in [6.07, 6.45) is -2.70. The zero-order chi connectivity index (χ0) is 12.6. The summed E-state index contributed by atoms with van der Waals surface area (Å²) in [5.41, 5.74) is -0.105. The highest BCUT2D eigenvalue weighted by Gasteiger charge is 2.32. The van der Waals surface area contributed by atoms with Crippen LogP contribution in [0.3, 0.4) is 0 Å². The highest BCUT2D eigenvalue weighted by atomic mass is 79.9. The lowest BCUT2D eigenvalue weighted by Gasteiger charge is -2.03. The molecule has 0 spiro atoms. The van der Waals surface area contributed by atoms with E-state index in [-0.39, 0.29) is 0 Å². The van der Waals surface area contributed by atoms with Crippen molar-refractivity contribution in [2.45, 2.75) is 13.1 Å². The van der Waals surface area contributed by atoms with Crippen LogP contribution in [-0.4, -0.2) is 14.8 Å². The van der Waals surface area contributed by atoms with Crippen molar-refractivity contribution in [3.63, 3.8) is 0 Å². The summed E-state index contributed by atoms with van der Waals surface area (Å²) in [7, 11) is 0. The molecule has 0 bridgehead atoms. The smallest absolute Gasteiger partial charge is 0.233 e. The first kappa shape index (κ1) is 12.1. The monoisotopic (exact) mass is 305 g/mol. The van der Waals surface area contributed by atoms with Crippen LogP contribution in [0.2, 0.25) is 0 Å². The molecule has 0 atom stereocenters. The van der Waals surface area contributed by atoms with Crippen LogP contribution in [0, 0.1) is 6.92 Å². The van der Waals surface area contributed by atoms with Crippen molar-refractivity contribution in [1.29, 1.82) is 0 Å². The van der Waals surface area contributed by atoms with Crippen molar-refractivity contribution < 1.29 is 13.2 Å². The van der Waals surface area contributed by atoms with E-state index in [9.17, 15) is 13.2 Å². The first-order valence-electron chi connectivity index (χ1n) is 4.63. The van der Waals surface area contributed by atoms with Gasteiger partial charge in [0.2, 0.25) is 0 Å². The molecule has 3 nitrogen and oxygen atoms in total. The zero-order valence-electron chi connectivity index (χ0n) is 8.66. The minimum atomic E-state index is -4.39. The van der Waals surface area contributed by atoms with E-state index in [0.29, 0.717) is 11.5 Å². The Labute approximate surface area is 103 Å². The normalized spacial score (nSPS) is 11.8. The number of hydrogen-bond acceptors (Lipinski definition) is 2. The lowest BCUT2D eigenvalue weighted by atomic mass is 10.3. The molecule has 90 valence electrons. The fourth-order valence-electron chi connectivity index (χ4n) is 1.25. The Kier molecular flexibility index (Phi) is 2.94. The zero-order valence-corrected chi connectivity index (χ0v) is 10.2. The molecular weight excluding hydrogens is 299 g/mol. The van der Waals surface area contributed by atoms with E-state index in [4.69, 9.17) is 0 Å². The predicted octanol–water partition coefficient (Wildman–Crippen LogP) is 3.36. The van der Waals surface area contributed by atoms with Gasteiger partial charge in [-0.05, 0) is 35.0 Å². The molecule has 0 saturated heterocycles. The largest absolute Gasteiger partial charge is 0.419 e. The highest BCUT2D eigenvalue weighted by Crippen LogP contribution is 2.29. The van der Waals surface area contributed by atoms with Crippen LogP contribution in [0.25, 0.3) is 5.82 Å². The summed E-state index contributed by atoms with van der Waals surface area (Å²) >= 11 is 3.27. The third kappa shape index (κ3) is 2.49. The molecule has 2 rings (SSSR count). The second-order valence-corrected chi connectivity index (χ2v) is 4.26. The van der Waals surface area contributed by atoms with Gasteiger partial charge in [-0.15, -0.1) is 0 Å². The molecule has 0 aliphatic heterocycles. The molecule has 17 heavy (non-hydrogen) atoms. The van der Waals surface area contributed by atoms with Gasteiger partial charge in [0.25, 0.3) is 0 Å². The van der Waals surface area contributed by atoms with E-state index >= 15 is 0 Å². The van der Waals surface area contributed by atoms with E-state index in [0.717, 1.165) is 21.5 Å². The van der Waals surface area contributed by atoms with Crippen molar-refractivity contribution in [2.24, 2.45) is 0 Å². The Morgan fingerprint density at radius 2 is 2.00 bits per heavy atom. The van der Waals surface area contributed by atoms with Crippen LogP contribution >= 0.6 is 15.9 Å². The van der Waals surface area contributed by atoms with Crippen LogP contribution in [-0.2, 0) is 6.18 Å². The van der Waals surface area contributed by atoms with Gasteiger partial charge < -0.3 is 0 Å². The van der Waals surface area contributed by atoms with E-state index in [1.54, 1.807) is 19.1 Å². The molecule has 2 aromatic rings. The van der Waals surface area contributed by atoms with Gasteiger partial charge >= 0.3 is 6.18 Å². The number of rotatable bonds is 1. The number of halogens is 4. The summed E-state index contributed by atoms with van der Waals surface area (Å²) in [4.78, 5) is 4.12. The first-order chi connectivity index (χ1) is 7.88. The van der Waals surface area contributed by atoms with Crippen LogP contribution in [0.4, 0.5) is 13.2 Å². The molecule has 2 heterocycles. The van der Waals surface area contributed by atoms with Gasteiger partial charge in [0.05, 0.1) is 17.5 Å². The minimum absolute atomic E-state index is 0.348. The molecule has 0 radical (unpaired) electrons. The average molecular weight is 306 g/mol. The molecule has 0 unspecified atom stereocenters. The maximum atomic E-state index is 12.4. The van der Waals surface area contributed by atoms with E-state index in [1.807, 2.05) is 0 Å². The lowest BCUT2D eigenvalue weighted by Crippen LogP contribution is -2.03. The van der Waals surface area contributed by atoms with E-state index in [2.05, 4.69) is 26.0 Å². The molecule has 0 saturated carbocycles. The number of pyridine rings is 1. The van der Waals surface area contributed by atoms with Crippen LogP contribution in [0.15, 0.2) is 29.0 Å². The summed E-state index contributed by atoms with van der Waals surface area (Å²) in [6.45, 7) is 1.75. The van der Waals surface area contributed by atoms with E-state index in [1.165, 1.54) is 0 Å². The third-order valence-corrected chi connectivity index (χ3v) is 2.99. The Morgan fingerprint density at radius 1 is 1.29 bits per heavy atom. The molecule has 0 aromatic carbocycles. The van der Waals surface area contributed by atoms with Gasteiger partial charge in [-0.3, -0.25) is 0 Å². The number of aromatic nitrogens is 3. The van der Waals surface area contributed by atoms with Crippen molar-refractivity contribution in [3.8, 4) is 5.82 Å². The number of alkyl halides is 3. The van der Waals surface area contributed by atoms with Crippen LogP contribution in [0.5, 0.6) is 0 Å². The highest BCUT2D eigenvalue weighted by molar-refractivity contribution is 9.10. The van der Waals surface area contributed by atoms with E-state index < -0.39 is 11.7 Å². The molecular formula is C10H7BrF3N3. The first-order valence-corrected chi connectivity index (χ1v) is 5.42. The van der Waals surface area contributed by atoms with Crippen LogP contribution in [0.1, 0.15) is 11.3 Å². The van der Waals surface area contributed by atoms with Crippen molar-refractivity contribution >= 4 is 15.9 Å². The standard InChI is InChI=1S/C10H7BrF3N3/c1-6-8(11)2-3-9(16-6)17-5-7(4-15-17)10(12,13)14/h2-5H,1H3. The molecule has 0 fully saturated rings. The van der Waals surface area contributed by atoms with Gasteiger partial charge in [-0.25, -0.2) is 9.67 Å². The quantitative estimate of drug-likeness (QED) is 0.809. The summed E-state index contributed by atoms with van der Waals surface area (Å²) in [6, 6.07) is 3.30. The Hall–Kier alpha value is -1.37. The number of hydrogen-bond donors (Lipinski definition) is 0. The topological polar surface area (TPSA) is 30.7 Å². The van der Waals surface area contributed by atoms with Crippen molar-refractivity contribution in [1.82, 2.24) is 14.8 Å². The summed E-state index contributed by atoms with van der Waals surface area (Å²) < 4.78 is 39.0. The predicted molar refractivity (Wildman–Crippen MR) is 58.8 cm³/mol. The molecule has 7 heteroatoms. The van der Waals surface area contributed by atoms with Crippen LogP contribution < -0.4 is 0 Å². The Morgan fingerprint density at radius 3 is 2.53 bits per heavy atom. The molecule has 2 aromatic heterocycles. The van der Waals surface area contributed by atoms with Gasteiger partial charge in [-0.2, -0.15) is 18.3 Å². The third-order valence-electron chi connectivity index (χ3n) is 2.15. The fraction of sp³-hybridized carbons (Fsp3) is 0.200. The molecule has 0 N–H and O–H groups in total. The van der Waals surface area contributed by atoms with Gasteiger partial charge in [0, 0.05) is 10.7 Å². The number of nitrogens with zero attached hydrogens (tertiary/aromatic N) is 3. The Bertz CT molecular complexity index is 548. The Balaban J connectivity index is 2.40. The second-order valence-electron chi connectivity index (χ2n) is 3.41. The van der Waals surface area contributed by atoms with Crippen molar-refractivity contribution in [2.75, 3.05) is 0 Å². The minimum Gasteiger partial charge on any atom is -0.233 e. The van der Waals surface area contributed by atoms with Gasteiger partial charge in [0.15, 0.2) is 5.82 Å². The molecule has 0 aliphatic carbocycles. The summed E-state index contributed by atoms with van der Waals surface area (Å²) in [5.74, 6) is 0.348. The summed E-state index contributed by atoms with van der Waals surface area (Å²) in [5, 5.41) is 3.64. The molecule has 0 amide bonds. The van der Waals surface area contributed by atoms with Gasteiger partial charge in [0.1, 0.15) is 0 Å². The van der Waals surface area contributed by atoms with Crippen molar-refractivity contribution in [3.05, 3.63) is 40.3 Å². The SMILES string of the molecule is Cc1nc(-n2cc(C(F)(F)F)cn2)ccc1Br. The average Bonchev–Trinajstić information content (AvgIpc) is 2.70. The second kappa shape index (κ2) is 4.14. The van der Waals surface area contributed by atoms with Gasteiger partial charge in [-0.1, -0.05) is 0 Å². The maximum absolute atomic E-state index is 12.4. The number of aryl methyl sites for hydroxylation is 1. The molecule has 0 aliphatic rings. The fourth-order valence-corrected chi connectivity index (χ4v) is 1.47. The lowest BCUT2D eigenvalue weighted by molar-refractivity contribution is -0.137.